The van der Waals surface area contributed by atoms with Gasteiger partial charge in [0.15, 0.2) is 0 Å². The number of aryl methyl sites for hydroxylation is 2. The Labute approximate surface area is 126 Å². The number of methoxy groups -OCH3 is 1. The number of nitrogens with one attached hydrogen (secondary N) is 1. The van der Waals surface area contributed by atoms with E-state index in [1.807, 2.05) is 19.9 Å². The molecule has 21 heavy (non-hydrogen) atoms. The molecular weight excluding hydrogens is 290 g/mol. The molecule has 0 spiro atoms. The number of carboxylic acids is 1. The fraction of sp³-hybridized carbons (Fsp3) is 0.200. The number of benzene rings is 1. The number of hydrogen-bond acceptors (Lipinski definition) is 4. The maximum Gasteiger partial charge on any atom is 0.339 e. The molecule has 2 N–H and O–H groups in total. The Morgan fingerprint density at radius 1 is 1.19 bits per heavy atom. The highest BCUT2D eigenvalue weighted by Gasteiger charge is 2.15. The number of aromatic carboxylic acids is 1. The van der Waals surface area contributed by atoms with Gasteiger partial charge < -0.3 is 15.2 Å². The molecule has 0 unspecified atom stereocenters. The van der Waals surface area contributed by atoms with Crippen molar-refractivity contribution in [3.8, 4) is 5.75 Å². The van der Waals surface area contributed by atoms with Crippen LogP contribution in [0.5, 0.6) is 5.75 Å². The van der Waals surface area contributed by atoms with E-state index in [2.05, 4.69) is 5.32 Å². The zero-order valence-corrected chi connectivity index (χ0v) is 12.7. The standard InChI is InChI=1S/C15H15NO4S/c1-8-6-12(9(2)21-8)14(17)16-10-4-5-11(15(18)19)13(7-10)20-3/h4-7H,1-3H3,(H,16,17)(H,18,19). The highest BCUT2D eigenvalue weighted by atomic mass is 32.1. The molecular formula is C15H15NO4S. The van der Waals surface area contributed by atoms with E-state index in [9.17, 15) is 9.59 Å². The molecule has 1 aromatic carbocycles. The predicted molar refractivity (Wildman–Crippen MR) is 81.7 cm³/mol. The molecule has 1 heterocycles. The molecule has 6 heteroatoms. The van der Waals surface area contributed by atoms with Crippen molar-refractivity contribution >= 4 is 28.9 Å². The van der Waals surface area contributed by atoms with Crippen LogP contribution in [0.25, 0.3) is 0 Å². The Morgan fingerprint density at radius 3 is 2.43 bits per heavy atom. The summed E-state index contributed by atoms with van der Waals surface area (Å²) in [6, 6.07) is 6.27. The summed E-state index contributed by atoms with van der Waals surface area (Å²) in [6.07, 6.45) is 0. The van der Waals surface area contributed by atoms with Crippen molar-refractivity contribution in [3.63, 3.8) is 0 Å². The average Bonchev–Trinajstić information content (AvgIpc) is 2.77. The van der Waals surface area contributed by atoms with E-state index in [0.29, 0.717) is 11.3 Å². The van der Waals surface area contributed by atoms with Gasteiger partial charge in [0.25, 0.3) is 5.91 Å². The van der Waals surface area contributed by atoms with Gasteiger partial charge in [-0.3, -0.25) is 4.79 Å². The molecule has 0 fully saturated rings. The molecule has 5 nitrogen and oxygen atoms in total. The summed E-state index contributed by atoms with van der Waals surface area (Å²) < 4.78 is 5.03. The summed E-state index contributed by atoms with van der Waals surface area (Å²) in [5, 5.41) is 11.8. The average molecular weight is 305 g/mol. The number of carbonyl (C=O) groups is 2. The van der Waals surface area contributed by atoms with Gasteiger partial charge in [0.2, 0.25) is 0 Å². The summed E-state index contributed by atoms with van der Waals surface area (Å²) >= 11 is 1.56. The molecule has 2 aromatic rings. The fourth-order valence-corrected chi connectivity index (χ4v) is 2.92. The second kappa shape index (κ2) is 5.97. The molecule has 1 amide bonds. The number of hydrogen-bond donors (Lipinski definition) is 2. The minimum absolute atomic E-state index is 0.0538. The van der Waals surface area contributed by atoms with Gasteiger partial charge in [0, 0.05) is 21.5 Å². The van der Waals surface area contributed by atoms with Gasteiger partial charge >= 0.3 is 5.97 Å². The number of rotatable bonds is 4. The van der Waals surface area contributed by atoms with E-state index in [4.69, 9.17) is 9.84 Å². The number of anilines is 1. The third kappa shape index (κ3) is 3.22. The lowest BCUT2D eigenvalue weighted by Gasteiger charge is -2.09. The van der Waals surface area contributed by atoms with Crippen molar-refractivity contribution in [2.24, 2.45) is 0 Å². The second-order valence-electron chi connectivity index (χ2n) is 4.50. The lowest BCUT2D eigenvalue weighted by Crippen LogP contribution is -2.12. The van der Waals surface area contributed by atoms with Crippen molar-refractivity contribution in [2.75, 3.05) is 12.4 Å². The van der Waals surface area contributed by atoms with E-state index in [1.165, 1.54) is 19.2 Å². The van der Waals surface area contributed by atoms with Gasteiger partial charge in [-0.15, -0.1) is 11.3 Å². The van der Waals surface area contributed by atoms with Crippen molar-refractivity contribution in [1.82, 2.24) is 0 Å². The van der Waals surface area contributed by atoms with E-state index >= 15 is 0 Å². The van der Waals surface area contributed by atoms with Crippen LogP contribution in [0.3, 0.4) is 0 Å². The van der Waals surface area contributed by atoms with Gasteiger partial charge in [-0.2, -0.15) is 0 Å². The predicted octanol–water partition coefficient (Wildman–Crippen LogP) is 3.32. The third-order valence-corrected chi connectivity index (χ3v) is 3.94. The van der Waals surface area contributed by atoms with Crippen LogP contribution in [0.4, 0.5) is 5.69 Å². The van der Waals surface area contributed by atoms with Crippen LogP contribution < -0.4 is 10.1 Å². The van der Waals surface area contributed by atoms with E-state index in [0.717, 1.165) is 9.75 Å². The quantitative estimate of drug-likeness (QED) is 0.908. The maximum absolute atomic E-state index is 12.2. The fourth-order valence-electron chi connectivity index (χ4n) is 2.00. The first-order valence-electron chi connectivity index (χ1n) is 6.22. The van der Waals surface area contributed by atoms with Crippen molar-refractivity contribution in [2.45, 2.75) is 13.8 Å². The molecule has 0 aliphatic carbocycles. The Morgan fingerprint density at radius 2 is 1.90 bits per heavy atom. The van der Waals surface area contributed by atoms with Crippen LogP contribution in [-0.2, 0) is 0 Å². The highest BCUT2D eigenvalue weighted by molar-refractivity contribution is 7.12. The van der Waals surface area contributed by atoms with Crippen LogP contribution in [0.1, 0.15) is 30.5 Å². The van der Waals surface area contributed by atoms with Crippen LogP contribution in [0.2, 0.25) is 0 Å². The van der Waals surface area contributed by atoms with E-state index < -0.39 is 5.97 Å². The van der Waals surface area contributed by atoms with Gasteiger partial charge in [0.05, 0.1) is 12.7 Å². The van der Waals surface area contributed by atoms with Gasteiger partial charge in [-0.05, 0) is 32.0 Å². The molecule has 110 valence electrons. The monoisotopic (exact) mass is 305 g/mol. The SMILES string of the molecule is COc1cc(NC(=O)c2cc(C)sc2C)ccc1C(=O)O. The number of amides is 1. The molecule has 0 aliphatic rings. The summed E-state index contributed by atoms with van der Waals surface area (Å²) in [4.78, 5) is 25.2. The van der Waals surface area contributed by atoms with Gasteiger partial charge in [0.1, 0.15) is 11.3 Å². The Bertz CT molecular complexity index is 706. The normalized spacial score (nSPS) is 10.2. The van der Waals surface area contributed by atoms with Crippen LogP contribution >= 0.6 is 11.3 Å². The third-order valence-electron chi connectivity index (χ3n) is 2.98. The highest BCUT2D eigenvalue weighted by Crippen LogP contribution is 2.25. The molecule has 0 atom stereocenters. The Kier molecular flexibility index (Phi) is 4.28. The summed E-state index contributed by atoms with van der Waals surface area (Å²) in [5.74, 6) is -1.09. The van der Waals surface area contributed by atoms with Gasteiger partial charge in [-0.25, -0.2) is 4.79 Å². The molecule has 0 bridgehead atoms. The molecule has 1 aromatic heterocycles. The van der Waals surface area contributed by atoms with Crippen LogP contribution in [0.15, 0.2) is 24.3 Å². The molecule has 2 rings (SSSR count). The topological polar surface area (TPSA) is 75.6 Å². The van der Waals surface area contributed by atoms with Crippen molar-refractivity contribution in [1.29, 1.82) is 0 Å². The first-order valence-corrected chi connectivity index (χ1v) is 7.03. The zero-order chi connectivity index (χ0) is 15.6. The maximum atomic E-state index is 12.2. The Balaban J connectivity index is 2.26. The minimum Gasteiger partial charge on any atom is -0.496 e. The molecule has 0 saturated carbocycles. The lowest BCUT2D eigenvalue weighted by molar-refractivity contribution is 0.0693. The van der Waals surface area contributed by atoms with Crippen molar-refractivity contribution in [3.05, 3.63) is 45.1 Å². The Hall–Kier alpha value is -2.34. The number of carboxylic acid groups (broad SMARTS) is 1. The smallest absolute Gasteiger partial charge is 0.339 e. The largest absolute Gasteiger partial charge is 0.496 e. The minimum atomic E-state index is -1.07. The van der Waals surface area contributed by atoms with Crippen LogP contribution in [0, 0.1) is 13.8 Å². The first-order chi connectivity index (χ1) is 9.92. The summed E-state index contributed by atoms with van der Waals surface area (Å²) in [5.41, 5.74) is 1.17. The molecule has 0 saturated heterocycles. The number of carbonyl (C=O) groups excluding carboxylic acids is 1. The van der Waals surface area contributed by atoms with Crippen molar-refractivity contribution < 1.29 is 19.4 Å². The second-order valence-corrected chi connectivity index (χ2v) is 5.96. The lowest BCUT2D eigenvalue weighted by atomic mass is 10.1. The first kappa shape index (κ1) is 15.1. The van der Waals surface area contributed by atoms with Crippen LogP contribution in [-0.4, -0.2) is 24.1 Å². The summed E-state index contributed by atoms with van der Waals surface area (Å²) in [7, 11) is 1.39. The van der Waals surface area contributed by atoms with E-state index in [1.54, 1.807) is 17.4 Å². The molecule has 0 aliphatic heterocycles. The number of ether oxygens (including phenoxy) is 1. The number of thiophene rings is 1. The summed E-state index contributed by atoms with van der Waals surface area (Å²) in [6.45, 7) is 3.83. The zero-order valence-electron chi connectivity index (χ0n) is 11.9. The molecule has 0 radical (unpaired) electrons. The van der Waals surface area contributed by atoms with Gasteiger partial charge in [-0.1, -0.05) is 0 Å². The van der Waals surface area contributed by atoms with E-state index in [-0.39, 0.29) is 17.2 Å².